The molecular weight excluding hydrogens is 258 g/mol. The van der Waals surface area contributed by atoms with Crippen LogP contribution < -0.4 is 0 Å². The third-order valence-corrected chi connectivity index (χ3v) is 3.41. The van der Waals surface area contributed by atoms with Crippen LogP contribution in [-0.4, -0.2) is 41.9 Å². The third kappa shape index (κ3) is 4.11. The Labute approximate surface area is 100 Å². The van der Waals surface area contributed by atoms with Gasteiger partial charge in [-0.2, -0.15) is 0 Å². The molecule has 0 spiro atoms. The first-order chi connectivity index (χ1) is 7.15. The van der Waals surface area contributed by atoms with Gasteiger partial charge in [-0.15, -0.1) is 0 Å². The van der Waals surface area contributed by atoms with E-state index >= 15 is 0 Å². The maximum Gasteiger partial charge on any atom is 0.223 e. The van der Waals surface area contributed by atoms with Crippen molar-refractivity contribution in [2.45, 2.75) is 32.7 Å². The van der Waals surface area contributed by atoms with E-state index < -0.39 is 0 Å². The summed E-state index contributed by atoms with van der Waals surface area (Å²) in [5, 5.41) is 0.806. The van der Waals surface area contributed by atoms with Gasteiger partial charge in [0.25, 0.3) is 0 Å². The number of ether oxygens (including phenoxy) is 1. The summed E-state index contributed by atoms with van der Waals surface area (Å²) in [6.45, 7) is 6.38. The summed E-state index contributed by atoms with van der Waals surface area (Å²) >= 11 is 3.43. The van der Waals surface area contributed by atoms with Crippen LogP contribution in [0, 0.1) is 5.92 Å². The molecule has 3 nitrogen and oxygen atoms in total. The topological polar surface area (TPSA) is 29.5 Å². The largest absolute Gasteiger partial charge is 0.377 e. The fraction of sp³-hybridized carbons (Fsp3) is 0.909. The third-order valence-electron chi connectivity index (χ3n) is 2.66. The lowest BCUT2D eigenvalue weighted by Gasteiger charge is -2.34. The molecule has 1 aliphatic rings. The Bertz CT molecular complexity index is 209. The standard InChI is InChI=1S/C11H20BrNO2/c1-9(2)3-4-11(14)13-5-6-15-8-10(13)7-12/h9-10H,3-8H2,1-2H3. The van der Waals surface area contributed by atoms with Gasteiger partial charge in [0, 0.05) is 18.3 Å². The normalized spacial score (nSPS) is 22.1. The highest BCUT2D eigenvalue weighted by Crippen LogP contribution is 2.13. The van der Waals surface area contributed by atoms with Crippen LogP contribution in [0.5, 0.6) is 0 Å². The maximum absolute atomic E-state index is 11.9. The zero-order valence-electron chi connectivity index (χ0n) is 9.54. The second kappa shape index (κ2) is 6.48. The number of carbonyl (C=O) groups is 1. The molecule has 15 heavy (non-hydrogen) atoms. The van der Waals surface area contributed by atoms with E-state index in [1.165, 1.54) is 0 Å². The summed E-state index contributed by atoms with van der Waals surface area (Å²) < 4.78 is 5.36. The predicted molar refractivity (Wildman–Crippen MR) is 64.2 cm³/mol. The lowest BCUT2D eigenvalue weighted by atomic mass is 10.1. The quantitative estimate of drug-likeness (QED) is 0.737. The van der Waals surface area contributed by atoms with Gasteiger partial charge < -0.3 is 9.64 Å². The molecule has 1 saturated heterocycles. The van der Waals surface area contributed by atoms with Crippen LogP contribution in [0.1, 0.15) is 26.7 Å². The molecule has 0 N–H and O–H groups in total. The van der Waals surface area contributed by atoms with Crippen molar-refractivity contribution in [2.24, 2.45) is 5.92 Å². The molecule has 1 heterocycles. The Kier molecular flexibility index (Phi) is 5.61. The predicted octanol–water partition coefficient (Wildman–Crippen LogP) is 2.04. The lowest BCUT2D eigenvalue weighted by Crippen LogP contribution is -2.49. The Hall–Kier alpha value is -0.0900. The van der Waals surface area contributed by atoms with Gasteiger partial charge in [0.2, 0.25) is 5.91 Å². The molecule has 1 fully saturated rings. The Morgan fingerprint density at radius 2 is 2.33 bits per heavy atom. The van der Waals surface area contributed by atoms with E-state index in [0.717, 1.165) is 18.3 Å². The summed E-state index contributed by atoms with van der Waals surface area (Å²) in [5.74, 6) is 0.869. The Balaban J connectivity index is 2.41. The zero-order chi connectivity index (χ0) is 11.3. The molecule has 0 radical (unpaired) electrons. The van der Waals surface area contributed by atoms with Crippen LogP contribution in [-0.2, 0) is 9.53 Å². The number of alkyl halides is 1. The number of halogens is 1. The van der Waals surface area contributed by atoms with Crippen molar-refractivity contribution in [1.29, 1.82) is 0 Å². The van der Waals surface area contributed by atoms with Crippen LogP contribution in [0.15, 0.2) is 0 Å². The van der Waals surface area contributed by atoms with Crippen LogP contribution >= 0.6 is 15.9 Å². The van der Waals surface area contributed by atoms with Crippen molar-refractivity contribution in [3.63, 3.8) is 0 Å². The van der Waals surface area contributed by atoms with Crippen molar-refractivity contribution >= 4 is 21.8 Å². The molecule has 0 bridgehead atoms. The van der Waals surface area contributed by atoms with Gasteiger partial charge in [-0.05, 0) is 12.3 Å². The minimum absolute atomic E-state index is 0.221. The average molecular weight is 278 g/mol. The molecule has 0 aliphatic carbocycles. The van der Waals surface area contributed by atoms with Crippen molar-refractivity contribution in [3.05, 3.63) is 0 Å². The molecule has 1 amide bonds. The Morgan fingerprint density at radius 3 is 2.93 bits per heavy atom. The lowest BCUT2D eigenvalue weighted by molar-refractivity contribution is -0.139. The maximum atomic E-state index is 11.9. The van der Waals surface area contributed by atoms with E-state index in [1.54, 1.807) is 0 Å². The van der Waals surface area contributed by atoms with Gasteiger partial charge >= 0.3 is 0 Å². The van der Waals surface area contributed by atoms with E-state index in [2.05, 4.69) is 29.8 Å². The van der Waals surface area contributed by atoms with E-state index in [0.29, 0.717) is 25.6 Å². The highest BCUT2D eigenvalue weighted by molar-refractivity contribution is 9.09. The molecule has 88 valence electrons. The van der Waals surface area contributed by atoms with E-state index in [1.807, 2.05) is 4.90 Å². The second-order valence-corrected chi connectivity index (χ2v) is 5.05. The van der Waals surface area contributed by atoms with Gasteiger partial charge in [-0.25, -0.2) is 0 Å². The summed E-state index contributed by atoms with van der Waals surface area (Å²) in [6.07, 6.45) is 1.65. The molecule has 1 rings (SSSR count). The van der Waals surface area contributed by atoms with Gasteiger partial charge in [0.15, 0.2) is 0 Å². The molecule has 0 saturated carbocycles. The number of morpholine rings is 1. The van der Waals surface area contributed by atoms with E-state index in [4.69, 9.17) is 4.74 Å². The van der Waals surface area contributed by atoms with Crippen molar-refractivity contribution in [3.8, 4) is 0 Å². The smallest absolute Gasteiger partial charge is 0.223 e. The second-order valence-electron chi connectivity index (χ2n) is 4.40. The number of nitrogens with zero attached hydrogens (tertiary/aromatic N) is 1. The van der Waals surface area contributed by atoms with Gasteiger partial charge in [0.05, 0.1) is 19.3 Å². The highest BCUT2D eigenvalue weighted by atomic mass is 79.9. The number of hydrogen-bond acceptors (Lipinski definition) is 2. The molecule has 1 aliphatic heterocycles. The first kappa shape index (κ1) is 13.0. The first-order valence-electron chi connectivity index (χ1n) is 5.58. The monoisotopic (exact) mass is 277 g/mol. The van der Waals surface area contributed by atoms with Gasteiger partial charge in [-0.3, -0.25) is 4.79 Å². The number of carbonyl (C=O) groups excluding carboxylic acids is 1. The van der Waals surface area contributed by atoms with Crippen molar-refractivity contribution < 1.29 is 9.53 Å². The van der Waals surface area contributed by atoms with Crippen LogP contribution in [0.3, 0.4) is 0 Å². The summed E-state index contributed by atoms with van der Waals surface area (Å²) in [5.41, 5.74) is 0. The summed E-state index contributed by atoms with van der Waals surface area (Å²) in [6, 6.07) is 0.221. The zero-order valence-corrected chi connectivity index (χ0v) is 11.1. The average Bonchev–Trinajstić information content (AvgIpc) is 2.25. The Morgan fingerprint density at radius 1 is 1.60 bits per heavy atom. The molecule has 1 unspecified atom stereocenters. The van der Waals surface area contributed by atoms with Crippen LogP contribution in [0.4, 0.5) is 0 Å². The highest BCUT2D eigenvalue weighted by Gasteiger charge is 2.25. The molecule has 0 aromatic rings. The van der Waals surface area contributed by atoms with Crippen molar-refractivity contribution in [1.82, 2.24) is 4.90 Å². The molecule has 1 atom stereocenters. The van der Waals surface area contributed by atoms with Gasteiger partial charge in [-0.1, -0.05) is 29.8 Å². The number of hydrogen-bond donors (Lipinski definition) is 0. The first-order valence-corrected chi connectivity index (χ1v) is 6.70. The molecule has 0 aromatic carbocycles. The van der Waals surface area contributed by atoms with Crippen LogP contribution in [0.25, 0.3) is 0 Å². The number of amides is 1. The van der Waals surface area contributed by atoms with E-state index in [9.17, 15) is 4.79 Å². The summed E-state index contributed by atoms with van der Waals surface area (Å²) in [4.78, 5) is 13.9. The SMILES string of the molecule is CC(C)CCC(=O)N1CCOCC1CBr. The fourth-order valence-corrected chi connectivity index (χ4v) is 2.20. The molecular formula is C11H20BrNO2. The van der Waals surface area contributed by atoms with Crippen molar-refractivity contribution in [2.75, 3.05) is 25.1 Å². The number of rotatable bonds is 4. The van der Waals surface area contributed by atoms with Gasteiger partial charge in [0.1, 0.15) is 0 Å². The van der Waals surface area contributed by atoms with E-state index in [-0.39, 0.29) is 11.9 Å². The minimum Gasteiger partial charge on any atom is -0.377 e. The molecule has 0 aromatic heterocycles. The summed E-state index contributed by atoms with van der Waals surface area (Å²) in [7, 11) is 0. The minimum atomic E-state index is 0.221. The van der Waals surface area contributed by atoms with Crippen LogP contribution in [0.2, 0.25) is 0 Å². The fourth-order valence-electron chi connectivity index (χ4n) is 1.67. The molecule has 4 heteroatoms.